The van der Waals surface area contributed by atoms with Crippen LogP contribution in [0.2, 0.25) is 0 Å². The van der Waals surface area contributed by atoms with Gasteiger partial charge in [-0.15, -0.1) is 0 Å². The third-order valence-corrected chi connectivity index (χ3v) is 0.986. The zero-order valence-corrected chi connectivity index (χ0v) is 5.28. The SMILES string of the molecule is NC(CCC(=O)O)C(=O)O.[CaH2]. The third kappa shape index (κ3) is 8.06. The minimum absolute atomic E-state index is 0. The molecule has 0 aromatic rings. The maximum atomic E-state index is 9.99. The average Bonchev–Trinajstić information content (AvgIpc) is 1.82. The summed E-state index contributed by atoms with van der Waals surface area (Å²) in [6.45, 7) is 0. The number of hydrogen-bond acceptors (Lipinski definition) is 3. The second kappa shape index (κ2) is 6.84. The molecule has 0 amide bonds. The van der Waals surface area contributed by atoms with Crippen LogP contribution in [0.25, 0.3) is 0 Å². The first-order valence-electron chi connectivity index (χ1n) is 2.74. The molecule has 0 heterocycles. The van der Waals surface area contributed by atoms with Gasteiger partial charge in [0.25, 0.3) is 0 Å². The molecule has 0 radical (unpaired) electrons. The predicted octanol–water partition coefficient (Wildman–Crippen LogP) is -1.65. The van der Waals surface area contributed by atoms with E-state index in [1.807, 2.05) is 0 Å². The van der Waals surface area contributed by atoms with Crippen molar-refractivity contribution in [2.45, 2.75) is 18.9 Å². The Kier molecular flexibility index (Phi) is 8.54. The first-order valence-corrected chi connectivity index (χ1v) is 2.74. The molecular weight excluding hydrogens is 178 g/mol. The van der Waals surface area contributed by atoms with Crippen molar-refractivity contribution < 1.29 is 19.8 Å². The molecule has 4 N–H and O–H groups in total. The number of rotatable bonds is 4. The first-order chi connectivity index (χ1) is 4.54. The van der Waals surface area contributed by atoms with Crippen LogP contribution in [0.1, 0.15) is 12.8 Å². The van der Waals surface area contributed by atoms with Gasteiger partial charge in [-0.3, -0.25) is 9.59 Å². The van der Waals surface area contributed by atoms with Gasteiger partial charge < -0.3 is 15.9 Å². The molecule has 62 valence electrons. The van der Waals surface area contributed by atoms with E-state index in [1.165, 1.54) is 0 Å². The van der Waals surface area contributed by atoms with E-state index in [9.17, 15) is 9.59 Å². The van der Waals surface area contributed by atoms with Crippen molar-refractivity contribution in [1.82, 2.24) is 0 Å². The minimum atomic E-state index is -1.17. The molecule has 0 bridgehead atoms. The van der Waals surface area contributed by atoms with Crippen LogP contribution in [0.5, 0.6) is 0 Å². The average molecular weight is 189 g/mol. The van der Waals surface area contributed by atoms with Crippen molar-refractivity contribution in [2.75, 3.05) is 0 Å². The fraction of sp³-hybridized carbons (Fsp3) is 0.600. The summed E-state index contributed by atoms with van der Waals surface area (Å²) < 4.78 is 0. The fourth-order valence-corrected chi connectivity index (χ4v) is 0.402. The Labute approximate surface area is 93.6 Å². The van der Waals surface area contributed by atoms with E-state index in [4.69, 9.17) is 15.9 Å². The third-order valence-electron chi connectivity index (χ3n) is 0.986. The molecule has 11 heavy (non-hydrogen) atoms. The first kappa shape index (κ1) is 13.7. The molecular formula is C5H11CaNO4. The summed E-state index contributed by atoms with van der Waals surface area (Å²) in [7, 11) is 0. The van der Waals surface area contributed by atoms with Gasteiger partial charge in [-0.05, 0) is 6.42 Å². The Bertz CT molecular complexity index is 149. The van der Waals surface area contributed by atoms with Crippen LogP contribution < -0.4 is 5.73 Å². The number of aliphatic carboxylic acids is 2. The summed E-state index contributed by atoms with van der Waals surface area (Å²) in [5.41, 5.74) is 5.00. The van der Waals surface area contributed by atoms with Gasteiger partial charge in [-0.25, -0.2) is 0 Å². The van der Waals surface area contributed by atoms with Gasteiger partial charge in [-0.2, -0.15) is 0 Å². The second-order valence-corrected chi connectivity index (χ2v) is 1.88. The number of carboxylic acid groups (broad SMARTS) is 2. The summed E-state index contributed by atoms with van der Waals surface area (Å²) in [5, 5.41) is 16.3. The van der Waals surface area contributed by atoms with Crippen molar-refractivity contribution in [3.63, 3.8) is 0 Å². The number of carboxylic acids is 2. The van der Waals surface area contributed by atoms with E-state index in [2.05, 4.69) is 0 Å². The standard InChI is InChI=1S/C5H9NO4.Ca.2H/c6-3(5(9)10)1-2-4(7)8;;;/h3H,1-2,6H2,(H,7,8)(H,9,10);;;. The van der Waals surface area contributed by atoms with Crippen LogP contribution >= 0.6 is 0 Å². The van der Waals surface area contributed by atoms with Crippen molar-refractivity contribution in [2.24, 2.45) is 5.73 Å². The molecule has 1 atom stereocenters. The summed E-state index contributed by atoms with van der Waals surface area (Å²) in [5.74, 6) is -2.20. The van der Waals surface area contributed by atoms with E-state index < -0.39 is 18.0 Å². The van der Waals surface area contributed by atoms with Crippen molar-refractivity contribution in [1.29, 1.82) is 0 Å². The molecule has 5 nitrogen and oxygen atoms in total. The zero-order chi connectivity index (χ0) is 8.15. The molecule has 0 aliphatic carbocycles. The summed E-state index contributed by atoms with van der Waals surface area (Å²) in [6.07, 6.45) is -0.224. The van der Waals surface area contributed by atoms with E-state index in [-0.39, 0.29) is 50.6 Å². The quantitative estimate of drug-likeness (QED) is 0.460. The molecule has 0 aromatic heterocycles. The predicted molar refractivity (Wildman–Crippen MR) is 41.0 cm³/mol. The van der Waals surface area contributed by atoms with Gasteiger partial charge in [0.1, 0.15) is 6.04 Å². The second-order valence-electron chi connectivity index (χ2n) is 1.88. The monoisotopic (exact) mass is 189 g/mol. The number of hydrogen-bond donors (Lipinski definition) is 3. The Balaban J connectivity index is 0. The van der Waals surface area contributed by atoms with Gasteiger partial charge in [0.15, 0.2) is 0 Å². The van der Waals surface area contributed by atoms with Crippen LogP contribution in [0.3, 0.4) is 0 Å². The fourth-order valence-electron chi connectivity index (χ4n) is 0.402. The number of carbonyl (C=O) groups is 2. The molecule has 0 aliphatic heterocycles. The van der Waals surface area contributed by atoms with Gasteiger partial charge >= 0.3 is 49.7 Å². The molecule has 0 fully saturated rings. The van der Waals surface area contributed by atoms with Crippen LogP contribution in [0, 0.1) is 0 Å². The van der Waals surface area contributed by atoms with Gasteiger partial charge in [0, 0.05) is 6.42 Å². The summed E-state index contributed by atoms with van der Waals surface area (Å²) in [4.78, 5) is 19.9. The molecule has 0 spiro atoms. The van der Waals surface area contributed by atoms with E-state index in [1.54, 1.807) is 0 Å². The Morgan fingerprint density at radius 2 is 1.82 bits per heavy atom. The Hall–Kier alpha value is 0.160. The van der Waals surface area contributed by atoms with Crippen molar-refractivity contribution in [3.05, 3.63) is 0 Å². The molecule has 0 aliphatic rings. The van der Waals surface area contributed by atoms with E-state index in [0.29, 0.717) is 0 Å². The van der Waals surface area contributed by atoms with Crippen LogP contribution in [0.15, 0.2) is 0 Å². The molecule has 0 rings (SSSR count). The Morgan fingerprint density at radius 3 is 2.09 bits per heavy atom. The summed E-state index contributed by atoms with van der Waals surface area (Å²) in [6, 6.07) is -1.06. The topological polar surface area (TPSA) is 101 Å². The normalized spacial score (nSPS) is 11.4. The van der Waals surface area contributed by atoms with Crippen molar-refractivity contribution in [3.8, 4) is 0 Å². The van der Waals surface area contributed by atoms with Crippen LogP contribution in [-0.4, -0.2) is 65.9 Å². The van der Waals surface area contributed by atoms with Crippen molar-refractivity contribution >= 4 is 49.7 Å². The molecule has 0 saturated carbocycles. The Morgan fingerprint density at radius 1 is 1.36 bits per heavy atom. The van der Waals surface area contributed by atoms with Gasteiger partial charge in [0.2, 0.25) is 0 Å². The molecule has 0 aromatic carbocycles. The molecule has 6 heteroatoms. The van der Waals surface area contributed by atoms with Crippen LogP contribution in [0.4, 0.5) is 0 Å². The van der Waals surface area contributed by atoms with E-state index in [0.717, 1.165) is 0 Å². The zero-order valence-electron chi connectivity index (χ0n) is 5.28. The van der Waals surface area contributed by atoms with E-state index >= 15 is 0 Å². The summed E-state index contributed by atoms with van der Waals surface area (Å²) >= 11 is 0. The van der Waals surface area contributed by atoms with Crippen LogP contribution in [-0.2, 0) is 9.59 Å². The maximum absolute atomic E-state index is 9.99. The molecule has 1 unspecified atom stereocenters. The van der Waals surface area contributed by atoms with Gasteiger partial charge in [0.05, 0.1) is 0 Å². The molecule has 0 saturated heterocycles. The number of nitrogens with two attached hydrogens (primary N) is 1. The van der Waals surface area contributed by atoms with Gasteiger partial charge in [-0.1, -0.05) is 0 Å².